The van der Waals surface area contributed by atoms with Gasteiger partial charge in [-0.1, -0.05) is 19.4 Å². The maximum Gasteiger partial charge on any atom is 0.231 e. The molecule has 0 aliphatic carbocycles. The average Bonchev–Trinajstić information content (AvgIpc) is 2.38. The largest absolute Gasteiger partial charge is 0.370 e. The van der Waals surface area contributed by atoms with E-state index in [0.29, 0.717) is 13.1 Å². The van der Waals surface area contributed by atoms with E-state index in [-0.39, 0.29) is 5.91 Å². The Hall–Kier alpha value is -1.62. The van der Waals surface area contributed by atoms with E-state index < -0.39 is 0 Å². The van der Waals surface area contributed by atoms with Gasteiger partial charge < -0.3 is 11.1 Å². The lowest BCUT2D eigenvalue weighted by Crippen LogP contribution is -2.34. The summed E-state index contributed by atoms with van der Waals surface area (Å²) in [6.07, 6.45) is 3.93. The Labute approximate surface area is 115 Å². The Balaban J connectivity index is 2.73. The molecule has 0 bridgehead atoms. The second-order valence-corrected chi connectivity index (χ2v) is 4.57. The van der Waals surface area contributed by atoms with Crippen LogP contribution in [0.3, 0.4) is 0 Å². The number of carbonyl (C=O) groups excluding carboxylic acids is 1. The van der Waals surface area contributed by atoms with Crippen LogP contribution in [0.1, 0.15) is 32.3 Å². The van der Waals surface area contributed by atoms with Gasteiger partial charge in [-0.2, -0.15) is 0 Å². The smallest absolute Gasteiger partial charge is 0.231 e. The number of primary amides is 1. The number of nitrogens with zero attached hydrogens (tertiary/aromatic N) is 2. The number of hydrogen-bond donors (Lipinski definition) is 2. The molecule has 0 saturated carbocycles. The lowest BCUT2D eigenvalue weighted by atomic mass is 10.2. The highest BCUT2D eigenvalue weighted by molar-refractivity contribution is 5.75. The minimum absolute atomic E-state index is 0.287. The molecule has 1 aromatic heterocycles. The highest BCUT2D eigenvalue weighted by atomic mass is 16.1. The first-order valence-electron chi connectivity index (χ1n) is 6.85. The summed E-state index contributed by atoms with van der Waals surface area (Å²) >= 11 is 0. The molecule has 5 nitrogen and oxygen atoms in total. The summed E-state index contributed by atoms with van der Waals surface area (Å²) in [4.78, 5) is 17.5. The molecule has 0 aliphatic rings. The van der Waals surface area contributed by atoms with E-state index in [4.69, 9.17) is 5.73 Å². The lowest BCUT2D eigenvalue weighted by molar-refractivity contribution is -0.119. The molecule has 0 unspecified atom stereocenters. The molecule has 5 heteroatoms. The van der Waals surface area contributed by atoms with Gasteiger partial charge in [0.2, 0.25) is 5.91 Å². The summed E-state index contributed by atoms with van der Waals surface area (Å²) in [7, 11) is 0. The Morgan fingerprint density at radius 3 is 2.89 bits per heavy atom. The van der Waals surface area contributed by atoms with E-state index in [2.05, 4.69) is 22.1 Å². The first-order chi connectivity index (χ1) is 9.17. The van der Waals surface area contributed by atoms with Crippen molar-refractivity contribution in [2.75, 3.05) is 25.0 Å². The van der Waals surface area contributed by atoms with Gasteiger partial charge in [-0.25, -0.2) is 4.98 Å². The number of nitrogens with two attached hydrogens (primary N) is 1. The fraction of sp³-hybridized carbons (Fsp3) is 0.571. The monoisotopic (exact) mass is 264 g/mol. The molecule has 0 aliphatic heterocycles. The number of rotatable bonds is 9. The Kier molecular flexibility index (Phi) is 6.89. The molecule has 1 heterocycles. The topological polar surface area (TPSA) is 71.2 Å². The Morgan fingerprint density at radius 1 is 1.47 bits per heavy atom. The van der Waals surface area contributed by atoms with Gasteiger partial charge in [-0.05, 0) is 26.0 Å². The third-order valence-corrected chi connectivity index (χ3v) is 2.84. The highest BCUT2D eigenvalue weighted by Gasteiger charge is 2.11. The molecule has 0 radical (unpaired) electrons. The second kappa shape index (κ2) is 8.48. The standard InChI is InChI=1S/C14H24N4O/c1-3-5-9-18(11-13(15)19)10-12-7-6-8-17-14(12)16-4-2/h6-8H,3-5,9-11H2,1-2H3,(H2,15,19)(H,16,17). The lowest BCUT2D eigenvalue weighted by Gasteiger charge is -2.21. The van der Waals surface area contributed by atoms with Crippen molar-refractivity contribution < 1.29 is 4.79 Å². The normalized spacial score (nSPS) is 10.7. The van der Waals surface area contributed by atoms with Crippen molar-refractivity contribution in [1.29, 1.82) is 0 Å². The molecule has 19 heavy (non-hydrogen) atoms. The van der Waals surface area contributed by atoms with Crippen molar-refractivity contribution in [3.63, 3.8) is 0 Å². The number of anilines is 1. The van der Waals surface area contributed by atoms with E-state index in [1.165, 1.54) is 0 Å². The molecule has 0 spiro atoms. The molecule has 0 aromatic carbocycles. The molecule has 0 fully saturated rings. The van der Waals surface area contributed by atoms with Gasteiger partial charge in [-0.3, -0.25) is 9.69 Å². The van der Waals surface area contributed by atoms with Crippen LogP contribution in [0, 0.1) is 0 Å². The van der Waals surface area contributed by atoms with Crippen LogP contribution < -0.4 is 11.1 Å². The summed E-state index contributed by atoms with van der Waals surface area (Å²) in [6.45, 7) is 6.86. The van der Waals surface area contributed by atoms with Crippen LogP contribution in [0.15, 0.2) is 18.3 Å². The molecule has 106 valence electrons. The van der Waals surface area contributed by atoms with Crippen LogP contribution in [-0.4, -0.2) is 35.4 Å². The van der Waals surface area contributed by atoms with Crippen molar-refractivity contribution in [3.8, 4) is 0 Å². The van der Waals surface area contributed by atoms with E-state index in [0.717, 1.165) is 37.3 Å². The van der Waals surface area contributed by atoms with Crippen molar-refractivity contribution in [2.24, 2.45) is 5.73 Å². The number of amides is 1. The molecule has 0 atom stereocenters. The van der Waals surface area contributed by atoms with Gasteiger partial charge in [0.05, 0.1) is 6.54 Å². The molecule has 3 N–H and O–H groups in total. The van der Waals surface area contributed by atoms with Gasteiger partial charge in [0, 0.05) is 24.8 Å². The maximum absolute atomic E-state index is 11.1. The summed E-state index contributed by atoms with van der Waals surface area (Å²) < 4.78 is 0. The van der Waals surface area contributed by atoms with Crippen LogP contribution in [-0.2, 0) is 11.3 Å². The fourth-order valence-corrected chi connectivity index (χ4v) is 1.95. The second-order valence-electron chi connectivity index (χ2n) is 4.57. The fourth-order valence-electron chi connectivity index (χ4n) is 1.95. The Bertz CT molecular complexity index is 395. The van der Waals surface area contributed by atoms with Crippen LogP contribution in [0.25, 0.3) is 0 Å². The van der Waals surface area contributed by atoms with Gasteiger partial charge in [0.15, 0.2) is 0 Å². The predicted octanol–water partition coefficient (Wildman–Crippen LogP) is 1.60. The van der Waals surface area contributed by atoms with Crippen LogP contribution in [0.4, 0.5) is 5.82 Å². The van der Waals surface area contributed by atoms with Crippen LogP contribution in [0.5, 0.6) is 0 Å². The number of pyridine rings is 1. The zero-order valence-corrected chi connectivity index (χ0v) is 11.9. The zero-order chi connectivity index (χ0) is 14.1. The van der Waals surface area contributed by atoms with Gasteiger partial charge in [0.1, 0.15) is 5.82 Å². The van der Waals surface area contributed by atoms with Crippen LogP contribution >= 0.6 is 0 Å². The van der Waals surface area contributed by atoms with Crippen molar-refractivity contribution >= 4 is 11.7 Å². The van der Waals surface area contributed by atoms with Gasteiger partial charge in [0.25, 0.3) is 0 Å². The third-order valence-electron chi connectivity index (χ3n) is 2.84. The molecule has 1 aromatic rings. The summed E-state index contributed by atoms with van der Waals surface area (Å²) in [5, 5.41) is 3.24. The van der Waals surface area contributed by atoms with Crippen molar-refractivity contribution in [1.82, 2.24) is 9.88 Å². The number of nitrogens with one attached hydrogen (secondary N) is 1. The predicted molar refractivity (Wildman–Crippen MR) is 77.8 cm³/mol. The van der Waals surface area contributed by atoms with Crippen LogP contribution in [0.2, 0.25) is 0 Å². The molecular weight excluding hydrogens is 240 g/mol. The van der Waals surface area contributed by atoms with Gasteiger partial charge in [-0.15, -0.1) is 0 Å². The van der Waals surface area contributed by atoms with E-state index in [1.807, 2.05) is 19.1 Å². The highest BCUT2D eigenvalue weighted by Crippen LogP contribution is 2.14. The van der Waals surface area contributed by atoms with E-state index in [9.17, 15) is 4.79 Å². The van der Waals surface area contributed by atoms with E-state index >= 15 is 0 Å². The average molecular weight is 264 g/mol. The number of aromatic nitrogens is 1. The van der Waals surface area contributed by atoms with Gasteiger partial charge >= 0.3 is 0 Å². The quantitative estimate of drug-likeness (QED) is 0.710. The minimum atomic E-state index is -0.287. The van der Waals surface area contributed by atoms with Crippen molar-refractivity contribution in [2.45, 2.75) is 33.2 Å². The maximum atomic E-state index is 11.1. The first-order valence-corrected chi connectivity index (χ1v) is 6.85. The minimum Gasteiger partial charge on any atom is -0.370 e. The first kappa shape index (κ1) is 15.4. The van der Waals surface area contributed by atoms with E-state index in [1.54, 1.807) is 6.20 Å². The zero-order valence-electron chi connectivity index (χ0n) is 11.9. The SMILES string of the molecule is CCCCN(CC(N)=O)Cc1cccnc1NCC. The van der Waals surface area contributed by atoms with Crippen molar-refractivity contribution in [3.05, 3.63) is 23.9 Å². The summed E-state index contributed by atoms with van der Waals surface area (Å²) in [5.74, 6) is 0.598. The molecule has 0 saturated heterocycles. The number of unbranched alkanes of at least 4 members (excludes halogenated alkanes) is 1. The molecule has 1 amide bonds. The number of carbonyl (C=O) groups is 1. The molecule has 1 rings (SSSR count). The summed E-state index contributed by atoms with van der Waals surface area (Å²) in [5.41, 5.74) is 6.40. The number of hydrogen-bond acceptors (Lipinski definition) is 4. The molecular formula is C14H24N4O. The summed E-state index contributed by atoms with van der Waals surface area (Å²) in [6, 6.07) is 3.95. The third kappa shape index (κ3) is 5.70. The Morgan fingerprint density at radius 2 is 2.26 bits per heavy atom.